The Morgan fingerprint density at radius 3 is 2.52 bits per heavy atom. The summed E-state index contributed by atoms with van der Waals surface area (Å²) in [5.74, 6) is 6.23. The Morgan fingerprint density at radius 1 is 1.10 bits per heavy atom. The van der Waals surface area contributed by atoms with Gasteiger partial charge in [-0.05, 0) is 61.4 Å². The summed E-state index contributed by atoms with van der Waals surface area (Å²) in [5.41, 5.74) is 3.87. The van der Waals surface area contributed by atoms with Gasteiger partial charge in [0.2, 0.25) is 0 Å². The minimum Gasteiger partial charge on any atom is -0.383 e. The third-order valence-corrected chi connectivity index (χ3v) is 6.51. The summed E-state index contributed by atoms with van der Waals surface area (Å²) in [4.78, 5) is 17.4. The number of fused-ring (bicyclic) bond motifs is 1. The Hall–Kier alpha value is -2.61. The van der Waals surface area contributed by atoms with Gasteiger partial charge in [0.05, 0.1) is 6.61 Å². The zero-order valence-corrected chi connectivity index (χ0v) is 18.4. The third kappa shape index (κ3) is 5.76. The van der Waals surface area contributed by atoms with Gasteiger partial charge in [0, 0.05) is 44.3 Å². The van der Waals surface area contributed by atoms with Gasteiger partial charge in [-0.2, -0.15) is 0 Å². The first-order valence-electron chi connectivity index (χ1n) is 11.4. The highest BCUT2D eigenvalue weighted by Crippen LogP contribution is 2.29. The van der Waals surface area contributed by atoms with Crippen molar-refractivity contribution in [3.63, 3.8) is 0 Å². The highest BCUT2D eigenvalue weighted by atomic mass is 16.5. The molecule has 0 N–H and O–H groups in total. The summed E-state index contributed by atoms with van der Waals surface area (Å²) in [5, 5.41) is 0. The van der Waals surface area contributed by atoms with E-state index >= 15 is 0 Å². The first-order valence-corrected chi connectivity index (χ1v) is 11.4. The van der Waals surface area contributed by atoms with E-state index in [-0.39, 0.29) is 5.91 Å². The van der Waals surface area contributed by atoms with Gasteiger partial charge in [0.25, 0.3) is 5.91 Å². The number of ether oxygens (including phenoxy) is 1. The van der Waals surface area contributed by atoms with Crippen molar-refractivity contribution in [2.45, 2.75) is 31.7 Å². The van der Waals surface area contributed by atoms with Crippen molar-refractivity contribution in [2.24, 2.45) is 5.92 Å². The Morgan fingerprint density at radius 2 is 1.81 bits per heavy atom. The Kier molecular flexibility index (Phi) is 7.40. The first-order chi connectivity index (χ1) is 15.2. The van der Waals surface area contributed by atoms with E-state index in [4.69, 9.17) is 4.74 Å². The average Bonchev–Trinajstić information content (AvgIpc) is 3.25. The van der Waals surface area contributed by atoms with Crippen LogP contribution in [-0.4, -0.2) is 61.6 Å². The van der Waals surface area contributed by atoms with Gasteiger partial charge >= 0.3 is 0 Å². The minimum absolute atomic E-state index is 0.105. The normalized spacial score (nSPS) is 18.8. The number of likely N-dealkylation sites (tertiary alicyclic amines) is 1. The predicted molar refractivity (Wildman–Crippen MR) is 124 cm³/mol. The molecule has 0 saturated carbocycles. The van der Waals surface area contributed by atoms with Crippen molar-refractivity contribution < 1.29 is 9.53 Å². The number of methoxy groups -OCH3 is 1. The number of benzene rings is 2. The van der Waals surface area contributed by atoms with Crippen LogP contribution >= 0.6 is 0 Å². The maximum Gasteiger partial charge on any atom is 0.298 e. The van der Waals surface area contributed by atoms with Crippen molar-refractivity contribution in [1.29, 1.82) is 0 Å². The molecule has 1 atom stereocenters. The van der Waals surface area contributed by atoms with Gasteiger partial charge in [0.1, 0.15) is 0 Å². The summed E-state index contributed by atoms with van der Waals surface area (Å²) < 4.78 is 5.26. The molecule has 31 heavy (non-hydrogen) atoms. The van der Waals surface area contributed by atoms with Crippen LogP contribution in [0.2, 0.25) is 0 Å². The van der Waals surface area contributed by atoms with Crippen LogP contribution in [0.1, 0.15) is 29.5 Å². The second-order valence-corrected chi connectivity index (χ2v) is 8.69. The van der Waals surface area contributed by atoms with E-state index in [0.717, 1.165) is 38.0 Å². The molecule has 4 nitrogen and oxygen atoms in total. The van der Waals surface area contributed by atoms with Gasteiger partial charge < -0.3 is 9.64 Å². The maximum atomic E-state index is 12.9. The molecular weight excluding hydrogens is 384 g/mol. The highest BCUT2D eigenvalue weighted by molar-refractivity contribution is 5.94. The Labute approximate surface area is 186 Å². The van der Waals surface area contributed by atoms with E-state index in [1.807, 2.05) is 35.2 Å². The van der Waals surface area contributed by atoms with Gasteiger partial charge in [-0.3, -0.25) is 9.69 Å². The average molecular weight is 417 g/mol. The highest BCUT2D eigenvalue weighted by Gasteiger charge is 2.31. The molecule has 0 radical (unpaired) electrons. The molecule has 4 heteroatoms. The molecule has 0 bridgehead atoms. The lowest BCUT2D eigenvalue weighted by molar-refractivity contribution is -0.126. The lowest BCUT2D eigenvalue weighted by Gasteiger charge is -2.38. The molecule has 0 spiro atoms. The lowest BCUT2D eigenvalue weighted by Crippen LogP contribution is -2.47. The van der Waals surface area contributed by atoms with Gasteiger partial charge in [-0.25, -0.2) is 0 Å². The lowest BCUT2D eigenvalue weighted by atomic mass is 9.95. The number of carbonyl (C=O) groups is 1. The van der Waals surface area contributed by atoms with E-state index in [1.165, 1.54) is 24.0 Å². The van der Waals surface area contributed by atoms with Crippen molar-refractivity contribution in [1.82, 2.24) is 9.80 Å². The Balaban J connectivity index is 1.37. The first kappa shape index (κ1) is 21.6. The van der Waals surface area contributed by atoms with E-state index in [1.54, 1.807) is 7.11 Å². The standard InChI is InChI=1S/C27H32N2O2/c1-31-17-16-29(27(30)14-13-22-8-3-2-4-9-22)21-23-10-7-15-28(20-23)26-18-24-11-5-6-12-25(24)19-26/h2-6,8-9,11-12,23,26H,7,10,15-21H2,1H3/t23-/m0/s1. The quantitative estimate of drug-likeness (QED) is 0.677. The van der Waals surface area contributed by atoms with E-state index in [2.05, 4.69) is 41.0 Å². The molecule has 1 aliphatic carbocycles. The molecule has 4 rings (SSSR count). The van der Waals surface area contributed by atoms with E-state index < -0.39 is 0 Å². The van der Waals surface area contributed by atoms with Gasteiger partial charge in [-0.15, -0.1) is 0 Å². The van der Waals surface area contributed by atoms with Crippen molar-refractivity contribution >= 4 is 5.91 Å². The molecule has 2 aromatic carbocycles. The number of carbonyl (C=O) groups excluding carboxylic acids is 1. The molecule has 1 heterocycles. The van der Waals surface area contributed by atoms with E-state index in [9.17, 15) is 4.79 Å². The van der Waals surface area contributed by atoms with Crippen molar-refractivity contribution in [2.75, 3.05) is 39.9 Å². The second-order valence-electron chi connectivity index (χ2n) is 8.69. The van der Waals surface area contributed by atoms with Crippen LogP contribution in [0, 0.1) is 17.8 Å². The monoisotopic (exact) mass is 416 g/mol. The van der Waals surface area contributed by atoms with Crippen molar-refractivity contribution in [3.05, 3.63) is 71.3 Å². The summed E-state index contributed by atoms with van der Waals surface area (Å²) >= 11 is 0. The molecule has 0 aromatic heterocycles. The topological polar surface area (TPSA) is 32.8 Å². The number of piperidine rings is 1. The smallest absolute Gasteiger partial charge is 0.298 e. The molecule has 1 amide bonds. The Bertz CT molecular complexity index is 906. The second kappa shape index (κ2) is 10.6. The molecule has 162 valence electrons. The van der Waals surface area contributed by atoms with Gasteiger partial charge in [-0.1, -0.05) is 48.4 Å². The summed E-state index contributed by atoms with van der Waals surface area (Å²) in [6.07, 6.45) is 4.66. The molecule has 0 unspecified atom stereocenters. The summed E-state index contributed by atoms with van der Waals surface area (Å²) in [6, 6.07) is 19.1. The maximum absolute atomic E-state index is 12.9. The zero-order valence-electron chi connectivity index (χ0n) is 18.4. The van der Waals surface area contributed by atoms with Crippen LogP contribution in [0.15, 0.2) is 54.6 Å². The SMILES string of the molecule is COCCN(C[C@H]1CCCN(C2Cc3ccccc3C2)C1)C(=O)C#Cc1ccccc1. The third-order valence-electron chi connectivity index (χ3n) is 6.51. The zero-order chi connectivity index (χ0) is 21.5. The molecule has 2 aliphatic rings. The number of rotatable bonds is 6. The van der Waals surface area contributed by atoms with Crippen LogP contribution in [0.3, 0.4) is 0 Å². The fourth-order valence-electron chi connectivity index (χ4n) is 4.89. The fourth-order valence-corrected chi connectivity index (χ4v) is 4.89. The van der Waals surface area contributed by atoms with Crippen LogP contribution in [0.25, 0.3) is 0 Å². The largest absolute Gasteiger partial charge is 0.383 e. The number of amides is 1. The van der Waals surface area contributed by atoms with E-state index in [0.29, 0.717) is 25.1 Å². The van der Waals surface area contributed by atoms with Crippen LogP contribution in [-0.2, 0) is 22.4 Å². The molecule has 1 aliphatic heterocycles. The molecular formula is C27H32N2O2. The number of hydrogen-bond acceptors (Lipinski definition) is 3. The minimum atomic E-state index is -0.105. The molecule has 1 saturated heterocycles. The predicted octanol–water partition coefficient (Wildman–Crippen LogP) is 3.39. The van der Waals surface area contributed by atoms with Crippen LogP contribution < -0.4 is 0 Å². The fraction of sp³-hybridized carbons (Fsp3) is 0.444. The van der Waals surface area contributed by atoms with Crippen LogP contribution in [0.4, 0.5) is 0 Å². The van der Waals surface area contributed by atoms with Crippen molar-refractivity contribution in [3.8, 4) is 11.8 Å². The number of hydrogen-bond donors (Lipinski definition) is 0. The van der Waals surface area contributed by atoms with Gasteiger partial charge in [0.15, 0.2) is 0 Å². The summed E-state index contributed by atoms with van der Waals surface area (Å²) in [6.45, 7) is 4.09. The number of nitrogens with zero attached hydrogens (tertiary/aromatic N) is 2. The molecule has 1 fully saturated rings. The van der Waals surface area contributed by atoms with Crippen LogP contribution in [0.5, 0.6) is 0 Å². The summed E-state index contributed by atoms with van der Waals surface area (Å²) in [7, 11) is 1.68. The molecule has 2 aromatic rings.